The average Bonchev–Trinajstić information content (AvgIpc) is 2.92. The van der Waals surface area contributed by atoms with E-state index in [-0.39, 0.29) is 11.2 Å². The second kappa shape index (κ2) is 8.48. The number of anilines is 1. The molecule has 0 aliphatic heterocycles. The molecule has 1 N–H and O–H groups in total. The Labute approximate surface area is 176 Å². The molecule has 150 valence electrons. The van der Waals surface area contributed by atoms with E-state index in [0.29, 0.717) is 16.9 Å². The standard InChI is InChI=1S/C21H20BrN3O4/c1-13-18(20(27)25(24(13)3)17-7-5-4-6-8-17)23-19(26)14(2)29-21(28)15-9-11-16(22)12-10-15/h4-12,14H,1-3H3,(H,23,26)/t14-/m0/s1. The smallest absolute Gasteiger partial charge is 0.338 e. The number of halogens is 1. The number of benzene rings is 2. The van der Waals surface area contributed by atoms with E-state index in [1.54, 1.807) is 55.1 Å². The number of amides is 1. The van der Waals surface area contributed by atoms with E-state index in [0.717, 1.165) is 4.47 Å². The molecule has 1 aromatic heterocycles. The zero-order chi connectivity index (χ0) is 21.1. The number of para-hydroxylation sites is 1. The first-order valence-electron chi connectivity index (χ1n) is 8.91. The van der Waals surface area contributed by atoms with Gasteiger partial charge in [-0.15, -0.1) is 0 Å². The van der Waals surface area contributed by atoms with Crippen molar-refractivity contribution in [2.75, 3.05) is 5.32 Å². The lowest BCUT2D eigenvalue weighted by molar-refractivity contribution is -0.123. The van der Waals surface area contributed by atoms with Crippen LogP contribution in [0.25, 0.3) is 5.69 Å². The van der Waals surface area contributed by atoms with E-state index in [1.165, 1.54) is 11.6 Å². The van der Waals surface area contributed by atoms with Crippen LogP contribution in [0.15, 0.2) is 63.9 Å². The molecule has 0 aliphatic rings. The number of esters is 1. The van der Waals surface area contributed by atoms with Crippen LogP contribution in [0.5, 0.6) is 0 Å². The molecule has 8 heteroatoms. The third-order valence-corrected chi connectivity index (χ3v) is 5.06. The maximum Gasteiger partial charge on any atom is 0.338 e. The number of hydrogen-bond donors (Lipinski definition) is 1. The van der Waals surface area contributed by atoms with Crippen molar-refractivity contribution >= 4 is 33.5 Å². The topological polar surface area (TPSA) is 82.3 Å². The predicted octanol–water partition coefficient (Wildman–Crippen LogP) is 3.43. The van der Waals surface area contributed by atoms with Gasteiger partial charge < -0.3 is 10.1 Å². The number of nitrogens with one attached hydrogen (secondary N) is 1. The van der Waals surface area contributed by atoms with Crippen LogP contribution in [0.2, 0.25) is 0 Å². The van der Waals surface area contributed by atoms with Gasteiger partial charge in [0, 0.05) is 11.5 Å². The molecule has 1 atom stereocenters. The summed E-state index contributed by atoms with van der Waals surface area (Å²) in [6.07, 6.45) is -1.07. The van der Waals surface area contributed by atoms with Crippen molar-refractivity contribution in [2.24, 2.45) is 7.05 Å². The van der Waals surface area contributed by atoms with Crippen molar-refractivity contribution in [3.05, 3.63) is 80.7 Å². The predicted molar refractivity (Wildman–Crippen MR) is 113 cm³/mol. The van der Waals surface area contributed by atoms with Crippen LogP contribution < -0.4 is 10.9 Å². The van der Waals surface area contributed by atoms with Gasteiger partial charge in [0.1, 0.15) is 5.69 Å². The van der Waals surface area contributed by atoms with Crippen LogP contribution in [-0.4, -0.2) is 27.3 Å². The number of carbonyl (C=O) groups is 2. The number of aromatic nitrogens is 2. The highest BCUT2D eigenvalue weighted by Gasteiger charge is 2.23. The summed E-state index contributed by atoms with van der Waals surface area (Å²) in [5.41, 5.74) is 1.37. The number of hydrogen-bond acceptors (Lipinski definition) is 4. The van der Waals surface area contributed by atoms with Gasteiger partial charge in [0.05, 0.1) is 16.9 Å². The minimum absolute atomic E-state index is 0.146. The molecule has 2 aromatic carbocycles. The maximum atomic E-state index is 12.9. The van der Waals surface area contributed by atoms with Crippen molar-refractivity contribution < 1.29 is 14.3 Å². The molecule has 0 aliphatic carbocycles. The first-order valence-corrected chi connectivity index (χ1v) is 9.70. The monoisotopic (exact) mass is 457 g/mol. The molecule has 0 fully saturated rings. The van der Waals surface area contributed by atoms with Crippen LogP contribution in [0.3, 0.4) is 0 Å². The molecule has 0 saturated heterocycles. The molecule has 29 heavy (non-hydrogen) atoms. The quantitative estimate of drug-likeness (QED) is 0.594. The second-order valence-electron chi connectivity index (χ2n) is 6.48. The van der Waals surface area contributed by atoms with Gasteiger partial charge in [-0.05, 0) is 50.2 Å². The molecule has 0 radical (unpaired) electrons. The summed E-state index contributed by atoms with van der Waals surface area (Å²) >= 11 is 3.29. The van der Waals surface area contributed by atoms with Crippen molar-refractivity contribution in [3.8, 4) is 5.69 Å². The van der Waals surface area contributed by atoms with Crippen LogP contribution >= 0.6 is 15.9 Å². The minimum Gasteiger partial charge on any atom is -0.449 e. The number of ether oxygens (including phenoxy) is 1. The Hall–Kier alpha value is -3.13. The van der Waals surface area contributed by atoms with Crippen molar-refractivity contribution in [2.45, 2.75) is 20.0 Å². The Morgan fingerprint density at radius 1 is 1.07 bits per heavy atom. The lowest BCUT2D eigenvalue weighted by Crippen LogP contribution is -2.32. The minimum atomic E-state index is -1.07. The summed E-state index contributed by atoms with van der Waals surface area (Å²) in [6, 6.07) is 15.7. The van der Waals surface area contributed by atoms with E-state index < -0.39 is 18.0 Å². The lowest BCUT2D eigenvalue weighted by atomic mass is 10.2. The first-order chi connectivity index (χ1) is 13.8. The molecular formula is C21H20BrN3O4. The number of nitrogens with zero attached hydrogens (tertiary/aromatic N) is 2. The fourth-order valence-electron chi connectivity index (χ4n) is 2.81. The van der Waals surface area contributed by atoms with Crippen LogP contribution in [0.4, 0.5) is 5.69 Å². The van der Waals surface area contributed by atoms with Gasteiger partial charge in [0.25, 0.3) is 11.5 Å². The highest BCUT2D eigenvalue weighted by Crippen LogP contribution is 2.15. The zero-order valence-electron chi connectivity index (χ0n) is 16.2. The van der Waals surface area contributed by atoms with E-state index >= 15 is 0 Å². The summed E-state index contributed by atoms with van der Waals surface area (Å²) in [6.45, 7) is 3.19. The molecule has 0 bridgehead atoms. The molecule has 7 nitrogen and oxygen atoms in total. The van der Waals surface area contributed by atoms with Crippen LogP contribution in [0, 0.1) is 6.92 Å². The van der Waals surface area contributed by atoms with Gasteiger partial charge in [-0.25, -0.2) is 9.48 Å². The highest BCUT2D eigenvalue weighted by atomic mass is 79.9. The maximum absolute atomic E-state index is 12.9. The first kappa shape index (κ1) is 20.6. The van der Waals surface area contributed by atoms with E-state index in [2.05, 4.69) is 21.2 Å². The van der Waals surface area contributed by atoms with Crippen molar-refractivity contribution in [3.63, 3.8) is 0 Å². The highest BCUT2D eigenvalue weighted by molar-refractivity contribution is 9.10. The van der Waals surface area contributed by atoms with Gasteiger partial charge in [0.2, 0.25) is 0 Å². The van der Waals surface area contributed by atoms with Crippen LogP contribution in [-0.2, 0) is 16.6 Å². The Morgan fingerprint density at radius 2 is 1.69 bits per heavy atom. The number of rotatable bonds is 5. The lowest BCUT2D eigenvalue weighted by Gasteiger charge is -2.13. The second-order valence-corrected chi connectivity index (χ2v) is 7.40. The van der Waals surface area contributed by atoms with E-state index in [4.69, 9.17) is 4.74 Å². The third kappa shape index (κ3) is 4.32. The fraction of sp³-hybridized carbons (Fsp3) is 0.190. The molecule has 0 unspecified atom stereocenters. The normalized spacial score (nSPS) is 11.7. The van der Waals surface area contributed by atoms with Crippen molar-refractivity contribution in [1.82, 2.24) is 9.36 Å². The van der Waals surface area contributed by atoms with Crippen molar-refractivity contribution in [1.29, 1.82) is 0 Å². The SMILES string of the molecule is Cc1c(NC(=O)[C@H](C)OC(=O)c2ccc(Br)cc2)c(=O)n(-c2ccccc2)n1C. The molecule has 3 rings (SSSR count). The molecule has 0 saturated carbocycles. The average molecular weight is 458 g/mol. The Morgan fingerprint density at radius 3 is 2.31 bits per heavy atom. The van der Waals surface area contributed by atoms with Gasteiger partial charge >= 0.3 is 5.97 Å². The molecule has 1 heterocycles. The Bertz CT molecular complexity index is 1100. The largest absolute Gasteiger partial charge is 0.449 e. The van der Waals surface area contributed by atoms with Gasteiger partial charge in [-0.2, -0.15) is 0 Å². The third-order valence-electron chi connectivity index (χ3n) is 4.54. The van der Waals surface area contributed by atoms with E-state index in [9.17, 15) is 14.4 Å². The summed E-state index contributed by atoms with van der Waals surface area (Å²) in [5, 5.41) is 2.60. The molecule has 0 spiro atoms. The molecule has 3 aromatic rings. The fourth-order valence-corrected chi connectivity index (χ4v) is 3.07. The van der Waals surface area contributed by atoms with Gasteiger partial charge in [0.15, 0.2) is 6.10 Å². The summed E-state index contributed by atoms with van der Waals surface area (Å²) < 4.78 is 9.18. The Balaban J connectivity index is 1.77. The molecule has 1 amide bonds. The number of carbonyl (C=O) groups excluding carboxylic acids is 2. The van der Waals surface area contributed by atoms with Gasteiger partial charge in [-0.1, -0.05) is 34.1 Å². The molecular weight excluding hydrogens is 438 g/mol. The summed E-state index contributed by atoms with van der Waals surface area (Å²) in [7, 11) is 1.73. The zero-order valence-corrected chi connectivity index (χ0v) is 17.8. The van der Waals surface area contributed by atoms with Gasteiger partial charge in [-0.3, -0.25) is 14.3 Å². The van der Waals surface area contributed by atoms with Crippen LogP contribution in [0.1, 0.15) is 23.0 Å². The summed E-state index contributed by atoms with van der Waals surface area (Å²) in [4.78, 5) is 37.6. The van der Waals surface area contributed by atoms with E-state index in [1.807, 2.05) is 18.2 Å². The Kier molecular flexibility index (Phi) is 6.03. The summed E-state index contributed by atoms with van der Waals surface area (Å²) in [5.74, 6) is -1.20.